The van der Waals surface area contributed by atoms with Gasteiger partial charge in [-0.1, -0.05) is 63.2 Å². The predicted octanol–water partition coefficient (Wildman–Crippen LogP) is 5.38. The normalized spacial score (nSPS) is 23.7. The van der Waals surface area contributed by atoms with Crippen LogP contribution in [-0.2, 0) is 14.3 Å². The number of ether oxygens (including phenoxy) is 3. The number of nitrogens with zero attached hydrogens (tertiary/aromatic N) is 1. The Kier molecular flexibility index (Phi) is 9.72. The Balaban J connectivity index is 1.63. The maximum absolute atomic E-state index is 13.3. The zero-order valence-corrected chi connectivity index (χ0v) is 21.9. The Hall–Kier alpha value is -2.41. The Morgan fingerprint density at radius 1 is 1.11 bits per heavy atom. The van der Waals surface area contributed by atoms with Crippen LogP contribution in [-0.4, -0.2) is 48.8 Å². The molecule has 1 amide bonds. The molecule has 6 nitrogen and oxygen atoms in total. The number of rotatable bonds is 10. The minimum atomic E-state index is -0.733. The lowest BCUT2D eigenvalue weighted by molar-refractivity contribution is -0.253. The summed E-state index contributed by atoms with van der Waals surface area (Å²) in [5, 5.41) is 10.8. The van der Waals surface area contributed by atoms with Crippen molar-refractivity contribution >= 4 is 5.91 Å². The maximum Gasteiger partial charge on any atom is 0.225 e. The standard InChI is InChI=1S/C29H41NO5/c1-7-22-18-34-29(24-13-15-25(33-6)16-14-24)35-27(22)19(2)17-20(3)28(32)30(5)21(4)26(31)23-11-9-8-10-12-23/h8-16,19-22,26-27,29,31H,7,17-18H2,1-6H3/t19-,20-,21+,22-,26-,27-,29?/m1/s1. The molecule has 7 atom stereocenters. The first-order valence-corrected chi connectivity index (χ1v) is 12.7. The largest absolute Gasteiger partial charge is 0.497 e. The Bertz CT molecular complexity index is 918. The number of benzene rings is 2. The van der Waals surface area contributed by atoms with Crippen LogP contribution in [0.5, 0.6) is 5.75 Å². The molecule has 1 fully saturated rings. The van der Waals surface area contributed by atoms with Crippen LogP contribution in [0.15, 0.2) is 54.6 Å². The van der Waals surface area contributed by atoms with Gasteiger partial charge in [0.25, 0.3) is 0 Å². The van der Waals surface area contributed by atoms with Crippen molar-refractivity contribution in [3.05, 3.63) is 65.7 Å². The number of amides is 1. The second-order valence-electron chi connectivity index (χ2n) is 9.87. The van der Waals surface area contributed by atoms with E-state index in [-0.39, 0.29) is 35.8 Å². The van der Waals surface area contributed by atoms with Gasteiger partial charge >= 0.3 is 0 Å². The minimum Gasteiger partial charge on any atom is -0.497 e. The molecule has 0 radical (unpaired) electrons. The molecule has 0 spiro atoms. The van der Waals surface area contributed by atoms with Gasteiger partial charge < -0.3 is 24.2 Å². The molecule has 192 valence electrons. The van der Waals surface area contributed by atoms with Crippen molar-refractivity contribution in [2.24, 2.45) is 17.8 Å². The molecule has 1 heterocycles. The van der Waals surface area contributed by atoms with Crippen LogP contribution >= 0.6 is 0 Å². The van der Waals surface area contributed by atoms with Gasteiger partial charge in [0.2, 0.25) is 5.91 Å². The lowest BCUT2D eigenvalue weighted by Gasteiger charge is -2.40. The third-order valence-corrected chi connectivity index (χ3v) is 7.38. The Morgan fingerprint density at radius 3 is 2.37 bits per heavy atom. The summed E-state index contributed by atoms with van der Waals surface area (Å²) in [6.07, 6.45) is 0.490. The zero-order valence-electron chi connectivity index (χ0n) is 21.9. The van der Waals surface area contributed by atoms with E-state index in [4.69, 9.17) is 14.2 Å². The first-order chi connectivity index (χ1) is 16.8. The third kappa shape index (κ3) is 6.63. The molecule has 0 aromatic heterocycles. The van der Waals surface area contributed by atoms with Gasteiger partial charge in [0.15, 0.2) is 6.29 Å². The molecular formula is C29H41NO5. The molecular weight excluding hydrogens is 442 g/mol. The van der Waals surface area contributed by atoms with E-state index in [2.05, 4.69) is 13.8 Å². The van der Waals surface area contributed by atoms with Crippen molar-refractivity contribution in [1.29, 1.82) is 0 Å². The average molecular weight is 484 g/mol. The van der Waals surface area contributed by atoms with Crippen LogP contribution < -0.4 is 4.74 Å². The Labute approximate surface area is 210 Å². The second-order valence-corrected chi connectivity index (χ2v) is 9.87. The lowest BCUT2D eigenvalue weighted by atomic mass is 9.84. The minimum absolute atomic E-state index is 0.00580. The van der Waals surface area contributed by atoms with Crippen molar-refractivity contribution in [2.75, 3.05) is 20.8 Å². The summed E-state index contributed by atoms with van der Waals surface area (Å²) in [5.74, 6) is 1.09. The topological polar surface area (TPSA) is 68.2 Å². The van der Waals surface area contributed by atoms with Crippen LogP contribution in [0.2, 0.25) is 0 Å². The highest BCUT2D eigenvalue weighted by molar-refractivity contribution is 5.78. The summed E-state index contributed by atoms with van der Waals surface area (Å²) in [5.41, 5.74) is 1.77. The molecule has 2 aromatic carbocycles. The van der Waals surface area contributed by atoms with Gasteiger partial charge in [-0.15, -0.1) is 0 Å². The van der Waals surface area contributed by atoms with Gasteiger partial charge in [-0.25, -0.2) is 0 Å². The number of aliphatic hydroxyl groups excluding tert-OH is 1. The van der Waals surface area contributed by atoms with Crippen molar-refractivity contribution in [2.45, 2.75) is 65.1 Å². The van der Waals surface area contributed by atoms with Crippen LogP contribution in [0.3, 0.4) is 0 Å². The van der Waals surface area contributed by atoms with Gasteiger partial charge in [-0.2, -0.15) is 0 Å². The molecule has 2 aromatic rings. The smallest absolute Gasteiger partial charge is 0.225 e. The van der Waals surface area contributed by atoms with Gasteiger partial charge in [0.1, 0.15) is 5.75 Å². The van der Waals surface area contributed by atoms with Gasteiger partial charge in [0.05, 0.1) is 32.0 Å². The number of aliphatic hydroxyl groups is 1. The summed E-state index contributed by atoms with van der Waals surface area (Å²) < 4.78 is 17.8. The first-order valence-electron chi connectivity index (χ1n) is 12.7. The fourth-order valence-electron chi connectivity index (χ4n) is 4.97. The van der Waals surface area contributed by atoms with Crippen molar-refractivity contribution in [3.8, 4) is 5.75 Å². The van der Waals surface area contributed by atoms with Gasteiger partial charge in [-0.3, -0.25) is 4.79 Å². The van der Waals surface area contributed by atoms with E-state index in [0.717, 1.165) is 23.3 Å². The van der Waals surface area contributed by atoms with E-state index in [9.17, 15) is 9.90 Å². The molecule has 1 aliphatic rings. The molecule has 6 heteroatoms. The summed E-state index contributed by atoms with van der Waals surface area (Å²) in [6, 6.07) is 16.9. The molecule has 1 unspecified atom stereocenters. The summed E-state index contributed by atoms with van der Waals surface area (Å²) in [7, 11) is 3.43. The molecule has 1 aliphatic heterocycles. The van der Waals surface area contributed by atoms with Crippen molar-refractivity contribution < 1.29 is 24.1 Å². The van der Waals surface area contributed by atoms with E-state index in [0.29, 0.717) is 13.0 Å². The number of carbonyl (C=O) groups excluding carboxylic acids is 1. The van der Waals surface area contributed by atoms with E-state index in [1.165, 1.54) is 0 Å². The van der Waals surface area contributed by atoms with Crippen molar-refractivity contribution in [3.63, 3.8) is 0 Å². The average Bonchev–Trinajstić information content (AvgIpc) is 2.91. The summed E-state index contributed by atoms with van der Waals surface area (Å²) in [6.45, 7) is 8.80. The predicted molar refractivity (Wildman–Crippen MR) is 137 cm³/mol. The zero-order chi connectivity index (χ0) is 25.5. The van der Waals surface area contributed by atoms with E-state index >= 15 is 0 Å². The van der Waals surface area contributed by atoms with E-state index < -0.39 is 12.4 Å². The fourth-order valence-corrected chi connectivity index (χ4v) is 4.97. The number of likely N-dealkylation sites (N-methyl/N-ethyl adjacent to an activating group) is 1. The monoisotopic (exact) mass is 483 g/mol. The fraction of sp³-hybridized carbons (Fsp3) is 0.552. The number of carbonyl (C=O) groups is 1. The highest BCUT2D eigenvalue weighted by Gasteiger charge is 2.37. The quantitative estimate of drug-likeness (QED) is 0.492. The number of hydrogen-bond donors (Lipinski definition) is 1. The number of methoxy groups -OCH3 is 1. The van der Waals surface area contributed by atoms with E-state index in [1.54, 1.807) is 19.1 Å². The second kappa shape index (κ2) is 12.5. The van der Waals surface area contributed by atoms with Crippen LogP contribution in [0.4, 0.5) is 0 Å². The van der Waals surface area contributed by atoms with Crippen LogP contribution in [0.25, 0.3) is 0 Å². The van der Waals surface area contributed by atoms with Crippen LogP contribution in [0, 0.1) is 17.8 Å². The summed E-state index contributed by atoms with van der Waals surface area (Å²) >= 11 is 0. The summed E-state index contributed by atoms with van der Waals surface area (Å²) in [4.78, 5) is 15.0. The van der Waals surface area contributed by atoms with E-state index in [1.807, 2.05) is 68.4 Å². The first kappa shape index (κ1) is 27.2. The molecule has 3 rings (SSSR count). The van der Waals surface area contributed by atoms with Gasteiger partial charge in [0, 0.05) is 24.4 Å². The molecule has 1 saturated heterocycles. The molecule has 35 heavy (non-hydrogen) atoms. The highest BCUT2D eigenvalue weighted by atomic mass is 16.7. The molecule has 0 bridgehead atoms. The molecule has 0 saturated carbocycles. The molecule has 0 aliphatic carbocycles. The Morgan fingerprint density at radius 2 is 1.77 bits per heavy atom. The number of hydrogen-bond acceptors (Lipinski definition) is 5. The van der Waals surface area contributed by atoms with Gasteiger partial charge in [-0.05, 0) is 43.4 Å². The highest BCUT2D eigenvalue weighted by Crippen LogP contribution is 2.36. The molecule has 1 N–H and O–H groups in total. The SMILES string of the molecule is CC[C@@H]1COC(c2ccc(OC)cc2)O[C@@H]1[C@H](C)C[C@@H](C)C(=O)N(C)[C@@H](C)[C@@H](O)c1ccccc1. The maximum atomic E-state index is 13.3. The van der Waals surface area contributed by atoms with Crippen molar-refractivity contribution in [1.82, 2.24) is 4.90 Å². The third-order valence-electron chi connectivity index (χ3n) is 7.38. The lowest BCUT2D eigenvalue weighted by Crippen LogP contribution is -2.44. The van der Waals surface area contributed by atoms with Crippen LogP contribution in [0.1, 0.15) is 64.1 Å².